The van der Waals surface area contributed by atoms with Crippen LogP contribution >= 0.6 is 8.25 Å². The van der Waals surface area contributed by atoms with Crippen molar-refractivity contribution in [3.8, 4) is 0 Å². The summed E-state index contributed by atoms with van der Waals surface area (Å²) in [5.41, 5.74) is 0. The van der Waals surface area contributed by atoms with Gasteiger partial charge in [-0.2, -0.15) is 0 Å². The summed E-state index contributed by atoms with van der Waals surface area (Å²) in [6.45, 7) is 2.49. The zero-order valence-corrected chi connectivity index (χ0v) is 6.59. The van der Waals surface area contributed by atoms with Crippen LogP contribution in [0, 0.1) is 0 Å². The third-order valence-electron chi connectivity index (χ3n) is 0.973. The number of hydrogen-bond donors (Lipinski definition) is 1. The van der Waals surface area contributed by atoms with E-state index in [0.29, 0.717) is 6.61 Å². The maximum absolute atomic E-state index is 9.93. The Morgan fingerprint density at radius 3 is 2.50 bits per heavy atom. The Bertz CT molecular complexity index is 89.0. The van der Waals surface area contributed by atoms with Crippen LogP contribution in [0.4, 0.5) is 0 Å². The van der Waals surface area contributed by atoms with E-state index in [4.69, 9.17) is 4.89 Å². The van der Waals surface area contributed by atoms with Crippen LogP contribution in [0.3, 0.4) is 0 Å². The molecule has 0 aromatic rings. The van der Waals surface area contributed by atoms with Gasteiger partial charge in [-0.05, 0) is 6.42 Å². The van der Waals surface area contributed by atoms with E-state index in [1.807, 2.05) is 0 Å². The van der Waals surface area contributed by atoms with Crippen LogP contribution < -0.4 is 0 Å². The SMILES string of the molecule is CCCCCO[PH](=O)O.[RbH]. The summed E-state index contributed by atoms with van der Waals surface area (Å²) in [4.78, 5) is 8.18. The molecule has 0 aliphatic heterocycles. The van der Waals surface area contributed by atoms with Gasteiger partial charge in [-0.1, -0.05) is 19.8 Å². The first kappa shape index (κ1) is 14.5. The van der Waals surface area contributed by atoms with E-state index in [2.05, 4.69) is 11.4 Å². The first-order chi connectivity index (χ1) is 4.27. The molecular weight excluding hydrogens is 224 g/mol. The molecule has 0 fully saturated rings. The second kappa shape index (κ2) is 11.0. The van der Waals surface area contributed by atoms with Gasteiger partial charge in [0.25, 0.3) is 0 Å². The molecule has 1 unspecified atom stereocenters. The molecule has 0 aliphatic carbocycles. The van der Waals surface area contributed by atoms with E-state index in [0.717, 1.165) is 19.3 Å². The summed E-state index contributed by atoms with van der Waals surface area (Å²) in [6.07, 6.45) is 3.05. The number of rotatable bonds is 5. The van der Waals surface area contributed by atoms with Gasteiger partial charge in [0.1, 0.15) is 0 Å². The van der Waals surface area contributed by atoms with Crippen molar-refractivity contribution in [1.29, 1.82) is 0 Å². The topological polar surface area (TPSA) is 46.5 Å². The summed E-state index contributed by atoms with van der Waals surface area (Å²) in [5, 5.41) is 0. The van der Waals surface area contributed by atoms with Crippen molar-refractivity contribution in [2.75, 3.05) is 6.61 Å². The zero-order valence-electron chi connectivity index (χ0n) is 5.59. The van der Waals surface area contributed by atoms with Gasteiger partial charge in [0.2, 0.25) is 0 Å². The number of unbranched alkanes of at least 4 members (excludes halogenated alkanes) is 2. The van der Waals surface area contributed by atoms with Gasteiger partial charge < -0.3 is 9.42 Å². The van der Waals surface area contributed by atoms with E-state index in [1.54, 1.807) is 0 Å². The standard InChI is InChI=1S/C5H13O3P.Rb.H/c1-2-3-4-5-8-9(6)7;;/h9H,2-5H2,1H3,(H,6,7);;. The Morgan fingerprint density at radius 2 is 2.10 bits per heavy atom. The van der Waals surface area contributed by atoms with Crippen LogP contribution in [0.5, 0.6) is 0 Å². The van der Waals surface area contributed by atoms with Crippen LogP contribution in [0.25, 0.3) is 0 Å². The van der Waals surface area contributed by atoms with Gasteiger partial charge in [0.05, 0.1) is 6.61 Å². The molecule has 1 N–H and O–H groups in total. The maximum atomic E-state index is 9.93. The van der Waals surface area contributed by atoms with E-state index >= 15 is 0 Å². The Hall–Kier alpha value is 1.96. The van der Waals surface area contributed by atoms with E-state index in [1.165, 1.54) is 0 Å². The average molecular weight is 239 g/mol. The Kier molecular flexibility index (Phi) is 15.9. The third-order valence-corrected chi connectivity index (χ3v) is 1.42. The molecule has 3 nitrogen and oxygen atoms in total. The molecule has 0 saturated heterocycles. The zero-order chi connectivity index (χ0) is 7.11. The fraction of sp³-hybridized carbons (Fsp3) is 1.00. The Morgan fingerprint density at radius 1 is 1.50 bits per heavy atom. The predicted molar refractivity (Wildman–Crippen MR) is 43.8 cm³/mol. The van der Waals surface area contributed by atoms with Gasteiger partial charge in [0, 0.05) is 0 Å². The second-order valence-corrected chi connectivity index (χ2v) is 2.64. The molecule has 58 valence electrons. The molecule has 5 heteroatoms. The predicted octanol–water partition coefficient (Wildman–Crippen LogP) is 0.927. The third kappa shape index (κ3) is 12.6. The molecule has 0 bridgehead atoms. The average Bonchev–Trinajstić information content (AvgIpc) is 1.80. The summed E-state index contributed by atoms with van der Waals surface area (Å²) < 4.78 is 14.4. The van der Waals surface area contributed by atoms with Crippen LogP contribution in [-0.2, 0) is 9.09 Å². The second-order valence-electron chi connectivity index (χ2n) is 1.82. The van der Waals surface area contributed by atoms with Crippen molar-refractivity contribution in [2.24, 2.45) is 0 Å². The van der Waals surface area contributed by atoms with Crippen LogP contribution in [0.15, 0.2) is 0 Å². The van der Waals surface area contributed by atoms with Gasteiger partial charge >= 0.3 is 66.4 Å². The van der Waals surface area contributed by atoms with Crippen molar-refractivity contribution >= 4 is 66.4 Å². The molecule has 10 heavy (non-hydrogen) atoms. The molecule has 0 aliphatic rings. The van der Waals surface area contributed by atoms with Crippen LogP contribution in [-0.4, -0.2) is 69.7 Å². The Balaban J connectivity index is 0. The van der Waals surface area contributed by atoms with Crippen molar-refractivity contribution < 1.29 is 14.0 Å². The monoisotopic (exact) mass is 238 g/mol. The molecule has 0 saturated carbocycles. The van der Waals surface area contributed by atoms with Gasteiger partial charge in [-0.3, -0.25) is 4.57 Å². The summed E-state index contributed by atoms with van der Waals surface area (Å²) >= 11 is 0. The van der Waals surface area contributed by atoms with E-state index in [-0.39, 0.29) is 58.2 Å². The first-order valence-electron chi connectivity index (χ1n) is 3.13. The molecule has 0 rings (SSSR count). The summed E-state index contributed by atoms with van der Waals surface area (Å²) in [7, 11) is -2.67. The van der Waals surface area contributed by atoms with Crippen LogP contribution in [0.1, 0.15) is 26.2 Å². The molecule has 0 radical (unpaired) electrons. The van der Waals surface area contributed by atoms with Crippen molar-refractivity contribution in [3.63, 3.8) is 0 Å². The summed E-state index contributed by atoms with van der Waals surface area (Å²) in [5.74, 6) is 0. The van der Waals surface area contributed by atoms with E-state index < -0.39 is 8.25 Å². The van der Waals surface area contributed by atoms with Crippen molar-refractivity contribution in [3.05, 3.63) is 0 Å². The molecule has 0 spiro atoms. The fourth-order valence-corrected chi connectivity index (χ4v) is 0.830. The number of hydrogen-bond acceptors (Lipinski definition) is 2. The molecule has 0 aromatic carbocycles. The quantitative estimate of drug-likeness (QED) is 0.573. The van der Waals surface area contributed by atoms with Gasteiger partial charge in [-0.25, -0.2) is 0 Å². The molecular formula is C5H14O3PRb. The molecule has 1 atom stereocenters. The normalized spacial score (nSPS) is 12.2. The van der Waals surface area contributed by atoms with Crippen molar-refractivity contribution in [2.45, 2.75) is 26.2 Å². The Labute approximate surface area is 111 Å². The minimum atomic E-state index is -2.67. The van der Waals surface area contributed by atoms with Gasteiger partial charge in [0.15, 0.2) is 0 Å². The molecule has 0 amide bonds. The van der Waals surface area contributed by atoms with Crippen molar-refractivity contribution in [1.82, 2.24) is 0 Å². The first-order valence-corrected chi connectivity index (χ1v) is 4.39. The molecule has 0 heterocycles. The van der Waals surface area contributed by atoms with Gasteiger partial charge in [-0.15, -0.1) is 0 Å². The minimum absolute atomic E-state index is 0. The fourth-order valence-electron chi connectivity index (χ4n) is 0.512. The molecule has 0 aromatic heterocycles. The van der Waals surface area contributed by atoms with E-state index in [9.17, 15) is 4.57 Å². The summed E-state index contributed by atoms with van der Waals surface area (Å²) in [6, 6.07) is 0. The van der Waals surface area contributed by atoms with Crippen LogP contribution in [0.2, 0.25) is 0 Å².